The lowest BCUT2D eigenvalue weighted by Crippen LogP contribution is -2.07. The van der Waals surface area contributed by atoms with E-state index >= 15 is 0 Å². The zero-order chi connectivity index (χ0) is 26.8. The average Bonchev–Trinajstić information content (AvgIpc) is 2.91. The zero-order valence-corrected chi connectivity index (χ0v) is 22.3. The molecule has 3 rings (SSSR count). The van der Waals surface area contributed by atoms with Gasteiger partial charge < -0.3 is 28.4 Å². The molecule has 0 spiro atoms. The van der Waals surface area contributed by atoms with Crippen LogP contribution in [0, 0.1) is 0 Å². The number of rotatable bonds is 12. The van der Waals surface area contributed by atoms with Crippen LogP contribution in [0.25, 0.3) is 12.2 Å². The summed E-state index contributed by atoms with van der Waals surface area (Å²) in [7, 11) is 6.31. The first-order valence-corrected chi connectivity index (χ1v) is 12.1. The highest BCUT2D eigenvalue weighted by Crippen LogP contribution is 2.39. The lowest BCUT2D eigenvalue weighted by molar-refractivity contribution is 0.0523. The van der Waals surface area contributed by atoms with Gasteiger partial charge in [0.15, 0.2) is 23.0 Å². The molecule has 0 N–H and O–H groups in total. The summed E-state index contributed by atoms with van der Waals surface area (Å²) >= 11 is 0. The molecule has 196 valence electrons. The second-order valence-electron chi connectivity index (χ2n) is 8.11. The molecule has 0 atom stereocenters. The van der Waals surface area contributed by atoms with Gasteiger partial charge in [0.25, 0.3) is 0 Å². The standard InChI is InChI=1S/C30H34O7/c1-7-9-20-12-14-23(30(31)36-8-2)25(16-20)37-26-17-21(13-15-24(26)32-3)10-11-22-18-27(33-4)29(35-6)28(19-22)34-5/h10-19H,7-9H2,1-6H3/b11-10-. The molecule has 3 aromatic carbocycles. The summed E-state index contributed by atoms with van der Waals surface area (Å²) in [6, 6.07) is 14.9. The van der Waals surface area contributed by atoms with Crippen LogP contribution in [-0.4, -0.2) is 41.0 Å². The number of esters is 1. The molecule has 0 bridgehead atoms. The van der Waals surface area contributed by atoms with Crippen molar-refractivity contribution in [2.45, 2.75) is 26.7 Å². The molecule has 0 fully saturated rings. The highest BCUT2D eigenvalue weighted by molar-refractivity contribution is 5.92. The minimum atomic E-state index is -0.432. The van der Waals surface area contributed by atoms with Crippen molar-refractivity contribution < 1.29 is 33.2 Å². The van der Waals surface area contributed by atoms with Crippen LogP contribution in [0.3, 0.4) is 0 Å². The topological polar surface area (TPSA) is 72.5 Å². The first-order valence-electron chi connectivity index (χ1n) is 12.1. The fourth-order valence-electron chi connectivity index (χ4n) is 3.86. The molecule has 3 aromatic rings. The van der Waals surface area contributed by atoms with Crippen LogP contribution >= 0.6 is 0 Å². The van der Waals surface area contributed by atoms with Gasteiger partial charge in [-0.05, 0) is 66.4 Å². The van der Waals surface area contributed by atoms with E-state index in [2.05, 4.69) is 6.92 Å². The van der Waals surface area contributed by atoms with Crippen molar-refractivity contribution in [1.82, 2.24) is 0 Å². The molecule has 7 heteroatoms. The molecule has 0 radical (unpaired) electrons. The summed E-state index contributed by atoms with van der Waals surface area (Å²) in [5.41, 5.74) is 3.17. The fourth-order valence-corrected chi connectivity index (χ4v) is 3.86. The number of carbonyl (C=O) groups excluding carboxylic acids is 1. The maximum Gasteiger partial charge on any atom is 0.341 e. The van der Waals surface area contributed by atoms with Gasteiger partial charge in [-0.2, -0.15) is 0 Å². The van der Waals surface area contributed by atoms with Crippen LogP contribution in [0.5, 0.6) is 34.5 Å². The van der Waals surface area contributed by atoms with Crippen molar-refractivity contribution in [1.29, 1.82) is 0 Å². The summed E-state index contributed by atoms with van der Waals surface area (Å²) in [5.74, 6) is 2.68. The van der Waals surface area contributed by atoms with E-state index in [9.17, 15) is 4.79 Å². The van der Waals surface area contributed by atoms with Gasteiger partial charge in [-0.3, -0.25) is 0 Å². The fraction of sp³-hybridized carbons (Fsp3) is 0.300. The molecule has 7 nitrogen and oxygen atoms in total. The maximum atomic E-state index is 12.6. The van der Waals surface area contributed by atoms with Gasteiger partial charge in [-0.25, -0.2) is 4.79 Å². The van der Waals surface area contributed by atoms with E-state index in [1.54, 1.807) is 41.4 Å². The summed E-state index contributed by atoms with van der Waals surface area (Å²) in [5, 5.41) is 0. The lowest BCUT2D eigenvalue weighted by Gasteiger charge is -2.15. The molecule has 37 heavy (non-hydrogen) atoms. The Hall–Kier alpha value is -4.13. The van der Waals surface area contributed by atoms with Crippen LogP contribution in [0.1, 0.15) is 47.3 Å². The van der Waals surface area contributed by atoms with E-state index in [1.165, 1.54) is 0 Å². The Morgan fingerprint density at radius 2 is 1.35 bits per heavy atom. The third kappa shape index (κ3) is 6.76. The Bertz CT molecular complexity index is 1220. The van der Waals surface area contributed by atoms with Crippen molar-refractivity contribution in [3.63, 3.8) is 0 Å². The Morgan fingerprint density at radius 1 is 0.703 bits per heavy atom. The monoisotopic (exact) mass is 506 g/mol. The number of hydrogen-bond donors (Lipinski definition) is 0. The average molecular weight is 507 g/mol. The van der Waals surface area contributed by atoms with E-state index in [0.29, 0.717) is 40.1 Å². The Balaban J connectivity index is 1.98. The molecule has 0 aliphatic carbocycles. The zero-order valence-electron chi connectivity index (χ0n) is 22.3. The number of ether oxygens (including phenoxy) is 6. The summed E-state index contributed by atoms with van der Waals surface area (Å²) in [6.45, 7) is 4.16. The van der Waals surface area contributed by atoms with E-state index in [-0.39, 0.29) is 6.61 Å². The molecule has 0 heterocycles. The van der Waals surface area contributed by atoms with Gasteiger partial charge in [-0.15, -0.1) is 0 Å². The van der Waals surface area contributed by atoms with Crippen LogP contribution in [0.4, 0.5) is 0 Å². The molecule has 0 aliphatic rings. The summed E-state index contributed by atoms with van der Waals surface area (Å²) in [6.07, 6.45) is 5.71. The molecule has 0 saturated carbocycles. The third-order valence-corrected chi connectivity index (χ3v) is 5.64. The van der Waals surface area contributed by atoms with Crippen LogP contribution in [0.2, 0.25) is 0 Å². The largest absolute Gasteiger partial charge is 0.493 e. The van der Waals surface area contributed by atoms with Gasteiger partial charge in [0.2, 0.25) is 5.75 Å². The normalized spacial score (nSPS) is 10.8. The highest BCUT2D eigenvalue weighted by Gasteiger charge is 2.17. The van der Waals surface area contributed by atoms with Crippen molar-refractivity contribution >= 4 is 18.1 Å². The minimum Gasteiger partial charge on any atom is -0.493 e. The first kappa shape index (κ1) is 27.5. The minimum absolute atomic E-state index is 0.277. The van der Waals surface area contributed by atoms with Crippen molar-refractivity contribution in [2.24, 2.45) is 0 Å². The van der Waals surface area contributed by atoms with Crippen LogP contribution < -0.4 is 23.7 Å². The van der Waals surface area contributed by atoms with Crippen molar-refractivity contribution in [2.75, 3.05) is 35.0 Å². The molecule has 0 unspecified atom stereocenters. The number of hydrogen-bond acceptors (Lipinski definition) is 7. The number of aryl methyl sites for hydroxylation is 1. The molecule has 0 amide bonds. The summed E-state index contributed by atoms with van der Waals surface area (Å²) in [4.78, 5) is 12.6. The third-order valence-electron chi connectivity index (χ3n) is 5.64. The molecule has 0 aliphatic heterocycles. The lowest BCUT2D eigenvalue weighted by atomic mass is 10.1. The predicted molar refractivity (Wildman–Crippen MR) is 144 cm³/mol. The SMILES string of the molecule is CCCc1ccc(C(=O)OCC)c(Oc2cc(/C=C\c3cc(OC)c(OC)c(OC)c3)ccc2OC)c1. The quantitative estimate of drug-likeness (QED) is 0.197. The van der Waals surface area contributed by atoms with Crippen molar-refractivity contribution in [3.8, 4) is 34.5 Å². The van der Waals surface area contributed by atoms with Gasteiger partial charge in [0, 0.05) is 0 Å². The first-order chi connectivity index (χ1) is 18.0. The molecule has 0 saturated heterocycles. The van der Waals surface area contributed by atoms with Gasteiger partial charge in [0.05, 0.1) is 35.0 Å². The Labute approximate surface area is 218 Å². The van der Waals surface area contributed by atoms with E-state index in [0.717, 1.165) is 29.5 Å². The van der Waals surface area contributed by atoms with Gasteiger partial charge >= 0.3 is 5.97 Å². The second-order valence-corrected chi connectivity index (χ2v) is 8.11. The van der Waals surface area contributed by atoms with Gasteiger partial charge in [0.1, 0.15) is 11.3 Å². The second kappa shape index (κ2) is 13.3. The number of carbonyl (C=O) groups is 1. The maximum absolute atomic E-state index is 12.6. The van der Waals surface area contributed by atoms with E-state index < -0.39 is 5.97 Å². The van der Waals surface area contributed by atoms with E-state index in [1.807, 2.05) is 54.6 Å². The van der Waals surface area contributed by atoms with Crippen LogP contribution in [-0.2, 0) is 11.2 Å². The number of benzene rings is 3. The Kier molecular flexibility index (Phi) is 9.84. The van der Waals surface area contributed by atoms with Crippen LogP contribution in [0.15, 0.2) is 48.5 Å². The number of methoxy groups -OCH3 is 4. The molecular formula is C30H34O7. The highest BCUT2D eigenvalue weighted by atomic mass is 16.5. The Morgan fingerprint density at radius 3 is 1.95 bits per heavy atom. The predicted octanol–water partition coefficient (Wildman–Crippen LogP) is 6.81. The van der Waals surface area contributed by atoms with E-state index in [4.69, 9.17) is 28.4 Å². The van der Waals surface area contributed by atoms with Crippen molar-refractivity contribution in [3.05, 3.63) is 70.8 Å². The smallest absolute Gasteiger partial charge is 0.341 e. The summed E-state index contributed by atoms with van der Waals surface area (Å²) < 4.78 is 33.3. The van der Waals surface area contributed by atoms with Gasteiger partial charge in [-0.1, -0.05) is 37.6 Å². The molecule has 0 aromatic heterocycles. The molecular weight excluding hydrogens is 472 g/mol.